The summed E-state index contributed by atoms with van der Waals surface area (Å²) >= 11 is 6.34. The van der Waals surface area contributed by atoms with Crippen molar-refractivity contribution in [3.8, 4) is 5.75 Å². The average Bonchev–Trinajstić information content (AvgIpc) is 3.73. The number of ether oxygens (including phenoxy) is 1. The maximum atomic E-state index is 14.3. The van der Waals surface area contributed by atoms with E-state index in [2.05, 4.69) is 16.0 Å². The van der Waals surface area contributed by atoms with E-state index in [4.69, 9.17) is 21.3 Å². The van der Waals surface area contributed by atoms with Gasteiger partial charge >= 0.3 is 0 Å². The molecule has 0 aliphatic carbocycles. The van der Waals surface area contributed by atoms with Gasteiger partial charge in [0.05, 0.1) is 40.8 Å². The summed E-state index contributed by atoms with van der Waals surface area (Å²) in [7, 11) is 0. The van der Waals surface area contributed by atoms with Gasteiger partial charge in [0.1, 0.15) is 30.1 Å². The van der Waals surface area contributed by atoms with E-state index in [0.29, 0.717) is 66.0 Å². The highest BCUT2D eigenvalue weighted by molar-refractivity contribution is 6.31. The number of fused-ring (bicyclic) bond motifs is 3. The number of aliphatic imine (C=N–C) groups is 1. The van der Waals surface area contributed by atoms with Crippen LogP contribution in [0.25, 0.3) is 0 Å². The molecule has 2 atom stereocenters. The first-order valence-electron chi connectivity index (χ1n) is 19.4. The molecular weight excluding hydrogens is 779 g/mol. The van der Waals surface area contributed by atoms with Gasteiger partial charge in [-0.25, -0.2) is 13.2 Å². The Bertz CT molecular complexity index is 2140. The third-order valence-corrected chi connectivity index (χ3v) is 10.9. The second kappa shape index (κ2) is 18.0. The molecule has 0 spiro atoms. The van der Waals surface area contributed by atoms with Gasteiger partial charge in [-0.05, 0) is 80.8 Å². The Morgan fingerprint density at radius 3 is 2.55 bits per heavy atom. The largest absolute Gasteiger partial charge is 0.491 e. The van der Waals surface area contributed by atoms with Crippen LogP contribution in [0.15, 0.2) is 59.6 Å². The monoisotopic (exact) mass is 821 g/mol. The Hall–Kier alpha value is -5.48. The summed E-state index contributed by atoms with van der Waals surface area (Å²) in [5.74, 6) is -2.17. The Morgan fingerprint density at radius 2 is 1.74 bits per heavy atom. The minimum Gasteiger partial charge on any atom is -0.491 e. The predicted octanol–water partition coefficient (Wildman–Crippen LogP) is 5.68. The third-order valence-electron chi connectivity index (χ3n) is 10.6. The fourth-order valence-electron chi connectivity index (χ4n) is 7.79. The molecule has 7 rings (SSSR count). The number of rotatable bonds is 15. The molecule has 306 valence electrons. The molecule has 0 aromatic heterocycles. The highest BCUT2D eigenvalue weighted by atomic mass is 35.5. The molecular formula is C41H43ClF3N7O6. The van der Waals surface area contributed by atoms with Crippen LogP contribution in [-0.4, -0.2) is 103 Å². The summed E-state index contributed by atoms with van der Waals surface area (Å²) in [4.78, 5) is 72.4. The number of carbonyl (C=O) groups excluding carboxylic acids is 5. The fraction of sp³-hybridized carbons (Fsp3) is 0.415. The number of hydrogen-bond acceptors (Lipinski definition) is 9. The lowest BCUT2D eigenvalue weighted by Crippen LogP contribution is -2.54. The lowest BCUT2D eigenvalue weighted by atomic mass is 10.0. The first kappa shape index (κ1) is 40.7. The average molecular weight is 822 g/mol. The van der Waals surface area contributed by atoms with E-state index in [1.165, 1.54) is 29.2 Å². The van der Waals surface area contributed by atoms with Gasteiger partial charge in [-0.15, -0.1) is 0 Å². The van der Waals surface area contributed by atoms with Crippen LogP contribution in [-0.2, 0) is 14.4 Å². The Morgan fingerprint density at radius 1 is 0.931 bits per heavy atom. The number of hydrogen-bond donors (Lipinski definition) is 3. The summed E-state index contributed by atoms with van der Waals surface area (Å²) in [6.45, 7) is 1.78. The number of imide groups is 2. The van der Waals surface area contributed by atoms with Crippen LogP contribution in [0.1, 0.15) is 77.6 Å². The second-order valence-electron chi connectivity index (χ2n) is 14.6. The van der Waals surface area contributed by atoms with Gasteiger partial charge in [0.15, 0.2) is 0 Å². The normalized spacial score (nSPS) is 19.6. The SMILES string of the molecule is O=C1CCC(N2C(=O)c3cccc(OCCNCCCCCCC(=O)N4CC[C@H](N=C5Nc6cc(F)ccc6N(CC(F)F)c6ccc(Cl)cc65)C4)c3C2=O)C(=O)N1. The molecule has 2 fully saturated rings. The first-order chi connectivity index (χ1) is 28.0. The van der Waals surface area contributed by atoms with Crippen LogP contribution in [0.5, 0.6) is 5.75 Å². The lowest BCUT2D eigenvalue weighted by molar-refractivity contribution is -0.136. The van der Waals surface area contributed by atoms with Crippen molar-refractivity contribution in [2.24, 2.45) is 4.99 Å². The van der Waals surface area contributed by atoms with Crippen LogP contribution in [0.4, 0.5) is 30.2 Å². The number of benzene rings is 3. The van der Waals surface area contributed by atoms with Crippen molar-refractivity contribution in [3.63, 3.8) is 0 Å². The molecule has 58 heavy (non-hydrogen) atoms. The Balaban J connectivity index is 0.830. The van der Waals surface area contributed by atoms with E-state index in [9.17, 15) is 37.1 Å². The molecule has 2 saturated heterocycles. The van der Waals surface area contributed by atoms with Gasteiger partial charge in [-0.3, -0.25) is 39.2 Å². The summed E-state index contributed by atoms with van der Waals surface area (Å²) in [6.07, 6.45) is 1.86. The number of halogens is 4. The van der Waals surface area contributed by atoms with Gasteiger partial charge in [-0.1, -0.05) is 30.5 Å². The van der Waals surface area contributed by atoms with Crippen LogP contribution in [0, 0.1) is 5.82 Å². The van der Waals surface area contributed by atoms with Gasteiger partial charge in [0.25, 0.3) is 18.2 Å². The Kier molecular flexibility index (Phi) is 12.6. The summed E-state index contributed by atoms with van der Waals surface area (Å²) in [5, 5.41) is 9.05. The van der Waals surface area contributed by atoms with Crippen LogP contribution in [0.2, 0.25) is 5.02 Å². The zero-order chi connectivity index (χ0) is 40.9. The molecule has 0 bridgehead atoms. The molecule has 4 aliphatic heterocycles. The van der Waals surface area contributed by atoms with Crippen molar-refractivity contribution in [2.75, 3.05) is 49.5 Å². The van der Waals surface area contributed by atoms with Crippen molar-refractivity contribution < 1.29 is 41.9 Å². The molecule has 3 N–H and O–H groups in total. The number of unbranched alkanes of at least 4 members (excludes halogenated alkanes) is 3. The van der Waals surface area contributed by atoms with Crippen molar-refractivity contribution in [1.82, 2.24) is 20.4 Å². The van der Waals surface area contributed by atoms with Gasteiger partial charge in [-0.2, -0.15) is 0 Å². The number of amides is 5. The van der Waals surface area contributed by atoms with E-state index in [1.807, 2.05) is 0 Å². The number of nitrogens with one attached hydrogen (secondary N) is 3. The first-order valence-corrected chi connectivity index (χ1v) is 19.8. The number of carbonyl (C=O) groups is 5. The molecule has 3 aromatic carbocycles. The number of alkyl halides is 2. The van der Waals surface area contributed by atoms with Crippen molar-refractivity contribution in [3.05, 3.63) is 82.1 Å². The molecule has 13 nitrogen and oxygen atoms in total. The maximum absolute atomic E-state index is 14.3. The highest BCUT2D eigenvalue weighted by Crippen LogP contribution is 2.40. The molecule has 0 radical (unpaired) electrons. The number of likely N-dealkylation sites (tertiary alicyclic amines) is 1. The fourth-order valence-corrected chi connectivity index (χ4v) is 7.97. The third kappa shape index (κ3) is 8.97. The smallest absolute Gasteiger partial charge is 0.266 e. The van der Waals surface area contributed by atoms with Gasteiger partial charge in [0, 0.05) is 43.1 Å². The molecule has 5 amide bonds. The maximum Gasteiger partial charge on any atom is 0.266 e. The van der Waals surface area contributed by atoms with E-state index >= 15 is 0 Å². The molecule has 4 aliphatic rings. The standard InChI is InChI=1S/C41H43ClF3N7O6/c42-24-9-11-30-28(20-24)38(48-29-21-25(43)10-12-31(29)51(30)23-34(44)45)47-26-15-18-50(22-26)36(54)8-3-1-2-4-16-46-17-19-58-33-7-5-6-27-37(33)41(57)52(40(27)56)32-13-14-35(53)49-39(32)55/h5-7,9-12,20-21,26,32,34,46H,1-4,8,13-19,22-23H2,(H,47,48)(H,49,53,55)/t26-,32?/m0/s1. The highest BCUT2D eigenvalue weighted by Gasteiger charge is 2.46. The number of anilines is 3. The molecule has 17 heteroatoms. The minimum atomic E-state index is -2.66. The number of nitrogens with zero attached hydrogens (tertiary/aromatic N) is 4. The van der Waals surface area contributed by atoms with Crippen molar-refractivity contribution in [1.29, 1.82) is 0 Å². The summed E-state index contributed by atoms with van der Waals surface area (Å²) < 4.78 is 47.7. The Labute approximate surface area is 337 Å². The number of piperidine rings is 1. The van der Waals surface area contributed by atoms with E-state index < -0.39 is 48.5 Å². The zero-order valence-corrected chi connectivity index (χ0v) is 32.3. The van der Waals surface area contributed by atoms with Crippen LogP contribution >= 0.6 is 11.6 Å². The van der Waals surface area contributed by atoms with E-state index in [0.717, 1.165) is 37.1 Å². The molecule has 0 saturated carbocycles. The second-order valence-corrected chi connectivity index (χ2v) is 15.0. The minimum absolute atomic E-state index is 0.0403. The van der Waals surface area contributed by atoms with Crippen LogP contribution in [0.3, 0.4) is 0 Å². The molecule has 1 unspecified atom stereocenters. The van der Waals surface area contributed by atoms with E-state index in [-0.39, 0.29) is 48.3 Å². The van der Waals surface area contributed by atoms with Crippen molar-refractivity contribution >= 4 is 64.0 Å². The summed E-state index contributed by atoms with van der Waals surface area (Å²) in [5.41, 5.74) is 1.93. The van der Waals surface area contributed by atoms with E-state index in [1.54, 1.807) is 35.2 Å². The van der Waals surface area contributed by atoms with Crippen LogP contribution < -0.4 is 25.6 Å². The lowest BCUT2D eigenvalue weighted by Gasteiger charge is -2.27. The zero-order valence-electron chi connectivity index (χ0n) is 31.6. The molecule has 3 aromatic rings. The topological polar surface area (TPSA) is 153 Å². The van der Waals surface area contributed by atoms with Gasteiger partial charge in [0.2, 0.25) is 17.7 Å². The van der Waals surface area contributed by atoms with Gasteiger partial charge < -0.3 is 25.2 Å². The van der Waals surface area contributed by atoms with Crippen molar-refractivity contribution in [2.45, 2.75) is 69.9 Å². The predicted molar refractivity (Wildman–Crippen MR) is 211 cm³/mol. The molecule has 4 heterocycles. The number of amidine groups is 1. The quantitative estimate of drug-likeness (QED) is 0.130. The summed E-state index contributed by atoms with van der Waals surface area (Å²) in [6, 6.07) is 12.3.